The number of carbonyl (C=O) groups excluding carboxylic acids is 3. The number of imide groups is 1. The summed E-state index contributed by atoms with van der Waals surface area (Å²) in [5.74, 6) is -1.12. The average molecular weight is 479 g/mol. The SMILES string of the molecule is CC1=CC(C)(C)N(C(=O)[C@@H](Cc2ccccc2)N2C(=O)c3ccccc3C2=O)c2c(C)cc(C)cc21. The molecular weight excluding hydrogens is 448 g/mol. The van der Waals surface area contributed by atoms with Crippen molar-refractivity contribution in [3.63, 3.8) is 0 Å². The minimum atomic E-state index is -0.987. The minimum Gasteiger partial charge on any atom is -0.301 e. The first-order valence-electron chi connectivity index (χ1n) is 12.3. The number of anilines is 1. The highest BCUT2D eigenvalue weighted by atomic mass is 16.2. The summed E-state index contributed by atoms with van der Waals surface area (Å²) in [6.07, 6.45) is 2.33. The summed E-state index contributed by atoms with van der Waals surface area (Å²) >= 11 is 0. The molecule has 0 N–H and O–H groups in total. The first-order chi connectivity index (χ1) is 17.1. The van der Waals surface area contributed by atoms with E-state index < -0.39 is 23.4 Å². The Bertz CT molecular complexity index is 1400. The van der Waals surface area contributed by atoms with Crippen LogP contribution in [0.25, 0.3) is 5.57 Å². The van der Waals surface area contributed by atoms with Crippen molar-refractivity contribution in [3.8, 4) is 0 Å². The lowest BCUT2D eigenvalue weighted by Gasteiger charge is -2.45. The number of fused-ring (bicyclic) bond motifs is 2. The lowest BCUT2D eigenvalue weighted by Crippen LogP contribution is -2.58. The van der Waals surface area contributed by atoms with Crippen molar-refractivity contribution in [1.82, 2.24) is 4.90 Å². The van der Waals surface area contributed by atoms with Crippen molar-refractivity contribution in [2.24, 2.45) is 0 Å². The molecule has 0 aliphatic carbocycles. The predicted molar refractivity (Wildman–Crippen MR) is 142 cm³/mol. The lowest BCUT2D eigenvalue weighted by molar-refractivity contribution is -0.123. The van der Waals surface area contributed by atoms with E-state index in [4.69, 9.17) is 0 Å². The number of rotatable bonds is 4. The van der Waals surface area contributed by atoms with Crippen molar-refractivity contribution >= 4 is 29.0 Å². The fourth-order valence-corrected chi connectivity index (χ4v) is 5.68. The van der Waals surface area contributed by atoms with Crippen molar-refractivity contribution in [2.45, 2.75) is 52.6 Å². The molecule has 5 rings (SSSR count). The molecule has 0 unspecified atom stereocenters. The fraction of sp³-hybridized carbons (Fsp3) is 0.258. The van der Waals surface area contributed by atoms with Gasteiger partial charge in [-0.3, -0.25) is 19.3 Å². The minimum absolute atomic E-state index is 0.237. The van der Waals surface area contributed by atoms with Gasteiger partial charge in [-0.2, -0.15) is 0 Å². The maximum Gasteiger partial charge on any atom is 0.262 e. The van der Waals surface area contributed by atoms with E-state index in [-0.39, 0.29) is 12.3 Å². The van der Waals surface area contributed by atoms with Gasteiger partial charge >= 0.3 is 0 Å². The van der Waals surface area contributed by atoms with Gasteiger partial charge in [-0.25, -0.2) is 0 Å². The van der Waals surface area contributed by atoms with Gasteiger partial charge in [-0.05, 0) is 69.5 Å². The molecule has 5 nitrogen and oxygen atoms in total. The van der Waals surface area contributed by atoms with Gasteiger partial charge in [0.15, 0.2) is 0 Å². The Morgan fingerprint density at radius 3 is 2.03 bits per heavy atom. The molecule has 2 aliphatic heterocycles. The average Bonchev–Trinajstić information content (AvgIpc) is 3.08. The Balaban J connectivity index is 1.66. The molecule has 36 heavy (non-hydrogen) atoms. The number of carbonyl (C=O) groups is 3. The van der Waals surface area contributed by atoms with Crippen LogP contribution in [0.4, 0.5) is 5.69 Å². The Morgan fingerprint density at radius 2 is 1.42 bits per heavy atom. The van der Waals surface area contributed by atoms with Crippen LogP contribution < -0.4 is 4.90 Å². The van der Waals surface area contributed by atoms with Crippen LogP contribution in [0.1, 0.15) is 63.7 Å². The van der Waals surface area contributed by atoms with E-state index in [2.05, 4.69) is 25.1 Å². The van der Waals surface area contributed by atoms with E-state index in [0.717, 1.165) is 33.5 Å². The van der Waals surface area contributed by atoms with Crippen molar-refractivity contribution in [3.05, 3.63) is 106 Å². The molecule has 0 saturated heterocycles. The van der Waals surface area contributed by atoms with E-state index in [0.29, 0.717) is 11.1 Å². The van der Waals surface area contributed by atoms with Crippen LogP contribution in [0, 0.1) is 13.8 Å². The summed E-state index contributed by atoms with van der Waals surface area (Å²) in [6, 6.07) is 19.5. The van der Waals surface area contributed by atoms with Crippen LogP contribution in [-0.2, 0) is 11.2 Å². The highest BCUT2D eigenvalue weighted by Gasteiger charge is 2.47. The van der Waals surface area contributed by atoms with E-state index in [1.807, 2.05) is 58.0 Å². The summed E-state index contributed by atoms with van der Waals surface area (Å²) in [5.41, 5.74) is 5.96. The van der Waals surface area contributed by atoms with E-state index in [1.54, 1.807) is 29.2 Å². The zero-order chi connectivity index (χ0) is 25.8. The molecule has 182 valence electrons. The Morgan fingerprint density at radius 1 is 0.833 bits per heavy atom. The highest BCUT2D eigenvalue weighted by molar-refractivity contribution is 6.23. The molecule has 0 bridgehead atoms. The van der Waals surface area contributed by atoms with Crippen molar-refractivity contribution in [2.75, 3.05) is 4.90 Å². The second-order valence-electron chi connectivity index (χ2n) is 10.4. The zero-order valence-corrected chi connectivity index (χ0v) is 21.3. The first kappa shape index (κ1) is 23.7. The smallest absolute Gasteiger partial charge is 0.262 e. The Kier molecular flexibility index (Phi) is 5.67. The number of benzene rings is 3. The third-order valence-corrected chi connectivity index (χ3v) is 7.15. The number of hydrogen-bond donors (Lipinski definition) is 0. The monoisotopic (exact) mass is 478 g/mol. The molecule has 3 amide bonds. The molecular formula is C31H30N2O3. The Labute approximate surface area is 212 Å². The molecule has 1 atom stereocenters. The topological polar surface area (TPSA) is 57.7 Å². The second kappa shape index (κ2) is 8.59. The molecule has 2 aliphatic rings. The maximum atomic E-state index is 14.6. The number of aryl methyl sites for hydroxylation is 2. The maximum absolute atomic E-state index is 14.6. The summed E-state index contributed by atoms with van der Waals surface area (Å²) in [5, 5.41) is 0. The first-order valence-corrected chi connectivity index (χ1v) is 12.3. The molecule has 0 fully saturated rings. The quantitative estimate of drug-likeness (QED) is 0.450. The van der Waals surface area contributed by atoms with Crippen LogP contribution in [-0.4, -0.2) is 34.2 Å². The van der Waals surface area contributed by atoms with Gasteiger partial charge in [-0.15, -0.1) is 0 Å². The van der Waals surface area contributed by atoms with E-state index in [9.17, 15) is 14.4 Å². The van der Waals surface area contributed by atoms with E-state index in [1.165, 1.54) is 4.90 Å². The Hall–Kier alpha value is -3.99. The van der Waals surface area contributed by atoms with Crippen LogP contribution >= 0.6 is 0 Å². The molecule has 0 radical (unpaired) electrons. The van der Waals surface area contributed by atoms with Crippen molar-refractivity contribution < 1.29 is 14.4 Å². The number of allylic oxidation sites excluding steroid dienone is 1. The van der Waals surface area contributed by atoms with Gasteiger partial charge in [-0.1, -0.05) is 60.2 Å². The van der Waals surface area contributed by atoms with Crippen LogP contribution in [0.2, 0.25) is 0 Å². The molecule has 0 aromatic heterocycles. The standard InChI is InChI=1S/C31H30N2O3/c1-19-15-20(2)27-25(16-19)21(3)18-31(4,5)33(27)30(36)26(17-22-11-7-6-8-12-22)32-28(34)23-13-9-10-14-24(23)29(32)35/h6-16,18,26H,17H2,1-5H3/t26-/m1/s1. The highest BCUT2D eigenvalue weighted by Crippen LogP contribution is 2.42. The summed E-state index contributed by atoms with van der Waals surface area (Å²) < 4.78 is 0. The molecule has 0 saturated carbocycles. The lowest BCUT2D eigenvalue weighted by atomic mass is 9.85. The number of nitrogens with zero attached hydrogens (tertiary/aromatic N) is 2. The predicted octanol–water partition coefficient (Wildman–Crippen LogP) is 5.74. The van der Waals surface area contributed by atoms with Gasteiger partial charge in [0.1, 0.15) is 6.04 Å². The molecule has 5 heteroatoms. The normalized spacial score (nSPS) is 17.0. The van der Waals surface area contributed by atoms with Crippen LogP contribution in [0.3, 0.4) is 0 Å². The third-order valence-electron chi connectivity index (χ3n) is 7.15. The fourth-order valence-electron chi connectivity index (χ4n) is 5.68. The van der Waals surface area contributed by atoms with Crippen LogP contribution in [0.15, 0.2) is 72.8 Å². The summed E-state index contributed by atoms with van der Waals surface area (Å²) in [4.78, 5) is 44.6. The van der Waals surface area contributed by atoms with Crippen LogP contribution in [0.5, 0.6) is 0 Å². The van der Waals surface area contributed by atoms with E-state index >= 15 is 0 Å². The molecule has 3 aromatic carbocycles. The van der Waals surface area contributed by atoms with Gasteiger partial charge < -0.3 is 4.90 Å². The van der Waals surface area contributed by atoms with Gasteiger partial charge in [0.2, 0.25) is 0 Å². The van der Waals surface area contributed by atoms with Gasteiger partial charge in [0.05, 0.1) is 22.4 Å². The van der Waals surface area contributed by atoms with Gasteiger partial charge in [0, 0.05) is 12.0 Å². The van der Waals surface area contributed by atoms with Crippen molar-refractivity contribution in [1.29, 1.82) is 0 Å². The second-order valence-corrected chi connectivity index (χ2v) is 10.4. The number of hydrogen-bond acceptors (Lipinski definition) is 3. The van der Waals surface area contributed by atoms with Gasteiger partial charge in [0.25, 0.3) is 17.7 Å². The zero-order valence-electron chi connectivity index (χ0n) is 21.3. The molecule has 2 heterocycles. The summed E-state index contributed by atoms with van der Waals surface area (Å²) in [7, 11) is 0. The molecule has 3 aromatic rings. The largest absolute Gasteiger partial charge is 0.301 e. The molecule has 0 spiro atoms. The number of amides is 3. The summed E-state index contributed by atoms with van der Waals surface area (Å²) in [6.45, 7) is 10.1. The third kappa shape index (κ3) is 3.76.